The van der Waals surface area contributed by atoms with Crippen molar-refractivity contribution in [1.29, 1.82) is 0 Å². The van der Waals surface area contributed by atoms with Gasteiger partial charge in [-0.3, -0.25) is 19.7 Å². The zero-order valence-corrected chi connectivity index (χ0v) is 15.6. The van der Waals surface area contributed by atoms with Crippen LogP contribution in [0.25, 0.3) is 0 Å². The second-order valence-corrected chi connectivity index (χ2v) is 7.20. The van der Waals surface area contributed by atoms with Gasteiger partial charge in [-0.2, -0.15) is 0 Å². The number of benzene rings is 2. The van der Waals surface area contributed by atoms with Crippen molar-refractivity contribution in [3.05, 3.63) is 64.7 Å². The fourth-order valence-electron chi connectivity index (χ4n) is 3.95. The van der Waals surface area contributed by atoms with E-state index >= 15 is 0 Å². The number of hydrogen-bond donors (Lipinski definition) is 2. The first kappa shape index (κ1) is 18.7. The summed E-state index contributed by atoms with van der Waals surface area (Å²) >= 11 is 0. The van der Waals surface area contributed by atoms with Gasteiger partial charge in [-0.05, 0) is 35.4 Å². The molecule has 0 spiro atoms. The number of nitrogens with zero attached hydrogens (tertiary/aromatic N) is 1. The van der Waals surface area contributed by atoms with Crippen LogP contribution < -0.4 is 10.1 Å². The lowest BCUT2D eigenvalue weighted by molar-refractivity contribution is -0.126. The first-order valence-electron chi connectivity index (χ1n) is 8.98. The summed E-state index contributed by atoms with van der Waals surface area (Å²) in [6.07, 6.45) is -0.109. The largest absolute Gasteiger partial charge is 0.497 e. The van der Waals surface area contributed by atoms with Crippen molar-refractivity contribution in [3.63, 3.8) is 0 Å². The Labute approximate surface area is 166 Å². The van der Waals surface area contributed by atoms with E-state index in [2.05, 4.69) is 5.32 Å². The molecular formula is C21H18N2O6. The topological polar surface area (TPSA) is 113 Å². The van der Waals surface area contributed by atoms with Crippen molar-refractivity contribution >= 4 is 23.7 Å². The first-order valence-corrected chi connectivity index (χ1v) is 8.98. The summed E-state index contributed by atoms with van der Waals surface area (Å²) < 4.78 is 5.18. The Balaban J connectivity index is 1.69. The second kappa shape index (κ2) is 6.73. The number of carboxylic acid groups (broad SMARTS) is 1. The Morgan fingerprint density at radius 1 is 1.17 bits per heavy atom. The number of methoxy groups -OCH3 is 1. The molecule has 2 aliphatic heterocycles. The van der Waals surface area contributed by atoms with Crippen LogP contribution in [0.4, 0.5) is 0 Å². The van der Waals surface area contributed by atoms with E-state index in [0.29, 0.717) is 23.4 Å². The van der Waals surface area contributed by atoms with E-state index in [1.165, 1.54) is 36.3 Å². The SMILES string of the molecule is COc1ccc2c(c1)C(=O)N(C[C@@]1(c3ccc(C(=O)O)cc3)CC(=O)NC1=O)C2. The maximum atomic E-state index is 12.9. The van der Waals surface area contributed by atoms with Gasteiger partial charge >= 0.3 is 5.97 Å². The number of amides is 3. The van der Waals surface area contributed by atoms with Crippen LogP contribution in [0.2, 0.25) is 0 Å². The molecule has 4 rings (SSSR count). The molecule has 1 atom stereocenters. The van der Waals surface area contributed by atoms with E-state index < -0.39 is 23.2 Å². The van der Waals surface area contributed by atoms with Crippen LogP contribution in [0.3, 0.4) is 0 Å². The third kappa shape index (κ3) is 3.02. The molecule has 8 heteroatoms. The molecule has 2 aliphatic rings. The smallest absolute Gasteiger partial charge is 0.335 e. The first-order chi connectivity index (χ1) is 13.8. The van der Waals surface area contributed by atoms with Crippen molar-refractivity contribution in [2.75, 3.05) is 13.7 Å². The Bertz CT molecular complexity index is 1050. The lowest BCUT2D eigenvalue weighted by Gasteiger charge is -2.31. The van der Waals surface area contributed by atoms with Crippen molar-refractivity contribution in [2.45, 2.75) is 18.4 Å². The van der Waals surface area contributed by atoms with Crippen molar-refractivity contribution in [3.8, 4) is 5.75 Å². The lowest BCUT2D eigenvalue weighted by Crippen LogP contribution is -2.46. The Kier molecular flexibility index (Phi) is 4.34. The Morgan fingerprint density at radius 3 is 2.48 bits per heavy atom. The molecule has 2 N–H and O–H groups in total. The monoisotopic (exact) mass is 394 g/mol. The molecule has 148 valence electrons. The van der Waals surface area contributed by atoms with E-state index in [1.54, 1.807) is 18.2 Å². The number of imide groups is 1. The number of rotatable bonds is 5. The molecular weight excluding hydrogens is 376 g/mol. The van der Waals surface area contributed by atoms with E-state index in [1.807, 2.05) is 0 Å². The highest BCUT2D eigenvalue weighted by Gasteiger charge is 2.50. The molecule has 0 saturated carbocycles. The van der Waals surface area contributed by atoms with Gasteiger partial charge < -0.3 is 14.7 Å². The van der Waals surface area contributed by atoms with Crippen LogP contribution in [0.5, 0.6) is 5.75 Å². The van der Waals surface area contributed by atoms with Gasteiger partial charge in [0, 0.05) is 25.1 Å². The van der Waals surface area contributed by atoms with Gasteiger partial charge in [0.25, 0.3) is 5.91 Å². The minimum Gasteiger partial charge on any atom is -0.497 e. The maximum Gasteiger partial charge on any atom is 0.335 e. The Hall–Kier alpha value is -3.68. The number of nitrogens with one attached hydrogen (secondary N) is 1. The Morgan fingerprint density at radius 2 is 1.90 bits per heavy atom. The summed E-state index contributed by atoms with van der Waals surface area (Å²) in [5.74, 6) is -1.69. The van der Waals surface area contributed by atoms with Crippen LogP contribution in [-0.4, -0.2) is 47.4 Å². The molecule has 2 heterocycles. The van der Waals surface area contributed by atoms with Gasteiger partial charge in [0.15, 0.2) is 0 Å². The summed E-state index contributed by atoms with van der Waals surface area (Å²) in [6.45, 7) is 0.321. The van der Waals surface area contributed by atoms with Gasteiger partial charge in [-0.25, -0.2) is 4.79 Å². The summed E-state index contributed by atoms with van der Waals surface area (Å²) in [6, 6.07) is 11.1. The molecule has 0 unspecified atom stereocenters. The number of carbonyl (C=O) groups is 4. The van der Waals surface area contributed by atoms with Gasteiger partial charge in [0.2, 0.25) is 11.8 Å². The van der Waals surface area contributed by atoms with Crippen LogP contribution in [-0.2, 0) is 21.5 Å². The molecule has 0 bridgehead atoms. The number of carbonyl (C=O) groups excluding carboxylic acids is 3. The third-order valence-electron chi connectivity index (χ3n) is 5.49. The normalized spacial score (nSPS) is 20.6. The zero-order valence-electron chi connectivity index (χ0n) is 15.6. The highest BCUT2D eigenvalue weighted by molar-refractivity contribution is 6.10. The average molecular weight is 394 g/mol. The summed E-state index contributed by atoms with van der Waals surface area (Å²) in [5.41, 5.74) is 0.621. The summed E-state index contributed by atoms with van der Waals surface area (Å²) in [7, 11) is 1.52. The second-order valence-electron chi connectivity index (χ2n) is 7.20. The van der Waals surface area contributed by atoms with E-state index in [9.17, 15) is 19.2 Å². The molecule has 1 fully saturated rings. The number of aromatic carboxylic acids is 1. The molecule has 0 aromatic heterocycles. The highest BCUT2D eigenvalue weighted by Crippen LogP contribution is 2.37. The van der Waals surface area contributed by atoms with Gasteiger partial charge in [0.05, 0.1) is 12.7 Å². The fourth-order valence-corrected chi connectivity index (χ4v) is 3.95. The molecule has 2 aromatic carbocycles. The zero-order chi connectivity index (χ0) is 20.8. The molecule has 3 amide bonds. The predicted molar refractivity (Wildman–Crippen MR) is 101 cm³/mol. The molecule has 1 saturated heterocycles. The average Bonchev–Trinajstić information content (AvgIpc) is 3.17. The fraction of sp³-hybridized carbons (Fsp3) is 0.238. The molecule has 2 aromatic rings. The molecule has 8 nitrogen and oxygen atoms in total. The van der Waals surface area contributed by atoms with Gasteiger partial charge in [0.1, 0.15) is 11.2 Å². The molecule has 29 heavy (non-hydrogen) atoms. The van der Waals surface area contributed by atoms with Crippen molar-refractivity contribution < 1.29 is 29.0 Å². The van der Waals surface area contributed by atoms with Gasteiger partial charge in [-0.1, -0.05) is 18.2 Å². The number of carboxylic acids is 1. The van der Waals surface area contributed by atoms with Crippen LogP contribution in [0.1, 0.15) is 38.3 Å². The van der Waals surface area contributed by atoms with Crippen molar-refractivity contribution in [2.24, 2.45) is 0 Å². The van der Waals surface area contributed by atoms with Crippen molar-refractivity contribution in [1.82, 2.24) is 10.2 Å². The van der Waals surface area contributed by atoms with Crippen LogP contribution in [0.15, 0.2) is 42.5 Å². The molecule has 0 radical (unpaired) electrons. The number of hydrogen-bond acceptors (Lipinski definition) is 5. The van der Waals surface area contributed by atoms with Crippen LogP contribution >= 0.6 is 0 Å². The minimum atomic E-state index is -1.27. The third-order valence-corrected chi connectivity index (χ3v) is 5.49. The predicted octanol–water partition coefficient (Wildman–Crippen LogP) is 1.33. The van der Waals surface area contributed by atoms with Crippen LogP contribution in [0, 0.1) is 0 Å². The summed E-state index contributed by atoms with van der Waals surface area (Å²) in [4.78, 5) is 50.4. The molecule has 0 aliphatic carbocycles. The number of ether oxygens (including phenoxy) is 1. The van der Waals surface area contributed by atoms with Gasteiger partial charge in [-0.15, -0.1) is 0 Å². The summed E-state index contributed by atoms with van der Waals surface area (Å²) in [5, 5.41) is 11.4. The van der Waals surface area contributed by atoms with E-state index in [0.717, 1.165) is 5.56 Å². The lowest BCUT2D eigenvalue weighted by atomic mass is 9.78. The van der Waals surface area contributed by atoms with E-state index in [-0.39, 0.29) is 24.4 Å². The standard InChI is InChI=1S/C21H18N2O6/c1-29-15-7-4-13-10-23(18(25)16(13)8-15)11-21(9-17(24)22-20(21)28)14-5-2-12(3-6-14)19(26)27/h2-8H,9-11H2,1H3,(H,26,27)(H,22,24,28)/t21-/m1/s1. The number of fused-ring (bicyclic) bond motifs is 1. The quantitative estimate of drug-likeness (QED) is 0.740. The highest BCUT2D eigenvalue weighted by atomic mass is 16.5. The minimum absolute atomic E-state index is 0.00677. The maximum absolute atomic E-state index is 12.9. The van der Waals surface area contributed by atoms with E-state index in [4.69, 9.17) is 9.84 Å².